The molecular formula is C7H12OS. The zero-order valence-corrected chi connectivity index (χ0v) is 6.44. The van der Waals surface area contributed by atoms with E-state index in [9.17, 15) is 0 Å². The standard InChI is InChI=1S/C7H12OS/c1-2-7-4-3-5-9(7)6-8/h3-5,8-9H,2,6H2,1H3. The molecule has 2 heteroatoms. The van der Waals surface area contributed by atoms with Crippen LogP contribution >= 0.6 is 10.9 Å². The summed E-state index contributed by atoms with van der Waals surface area (Å²) in [5, 5.41) is 10.9. The fraction of sp³-hybridized carbons (Fsp3) is 0.429. The summed E-state index contributed by atoms with van der Waals surface area (Å²) in [6.07, 6.45) is 5.24. The highest BCUT2D eigenvalue weighted by Crippen LogP contribution is 2.41. The number of aliphatic hydroxyl groups is 1. The van der Waals surface area contributed by atoms with Gasteiger partial charge in [-0.3, -0.25) is 0 Å². The molecule has 0 aromatic rings. The van der Waals surface area contributed by atoms with Crippen LogP contribution in [0.15, 0.2) is 22.5 Å². The number of hydrogen-bond donors (Lipinski definition) is 2. The van der Waals surface area contributed by atoms with Crippen LogP contribution in [0.25, 0.3) is 0 Å². The number of aliphatic hydroxyl groups excluding tert-OH is 1. The second-order valence-electron chi connectivity index (χ2n) is 1.96. The van der Waals surface area contributed by atoms with Crippen molar-refractivity contribution in [1.82, 2.24) is 0 Å². The molecule has 0 fully saturated rings. The molecule has 0 aliphatic carbocycles. The van der Waals surface area contributed by atoms with Crippen LogP contribution in [-0.4, -0.2) is 11.0 Å². The first-order valence-corrected chi connectivity index (χ1v) is 4.73. The van der Waals surface area contributed by atoms with Crippen LogP contribution in [0.3, 0.4) is 0 Å². The minimum absolute atomic E-state index is 0.270. The van der Waals surface area contributed by atoms with E-state index in [0.717, 1.165) is 6.42 Å². The molecule has 1 aliphatic rings. The van der Waals surface area contributed by atoms with Crippen molar-refractivity contribution in [1.29, 1.82) is 0 Å². The first-order chi connectivity index (χ1) is 4.38. The summed E-state index contributed by atoms with van der Waals surface area (Å²) in [6, 6.07) is 0. The predicted octanol–water partition coefficient (Wildman–Crippen LogP) is 1.76. The zero-order chi connectivity index (χ0) is 6.69. The highest BCUT2D eigenvalue weighted by molar-refractivity contribution is 8.23. The Hall–Kier alpha value is -0.210. The Morgan fingerprint density at radius 3 is 2.89 bits per heavy atom. The fourth-order valence-electron chi connectivity index (χ4n) is 0.908. The van der Waals surface area contributed by atoms with E-state index >= 15 is 0 Å². The summed E-state index contributed by atoms with van der Waals surface area (Å²) in [5.41, 5.74) is 0. The summed E-state index contributed by atoms with van der Waals surface area (Å²) in [5.74, 6) is 0.325. The van der Waals surface area contributed by atoms with E-state index in [1.165, 1.54) is 4.91 Å². The largest absolute Gasteiger partial charge is 0.387 e. The maximum atomic E-state index is 8.80. The first-order valence-electron chi connectivity index (χ1n) is 3.13. The summed E-state index contributed by atoms with van der Waals surface area (Å²) in [6.45, 7) is 2.13. The van der Waals surface area contributed by atoms with Crippen molar-refractivity contribution in [3.05, 3.63) is 22.5 Å². The Morgan fingerprint density at radius 2 is 2.44 bits per heavy atom. The minimum Gasteiger partial charge on any atom is -0.387 e. The van der Waals surface area contributed by atoms with Crippen molar-refractivity contribution >= 4 is 10.9 Å². The second-order valence-corrected chi connectivity index (χ2v) is 4.06. The molecule has 0 bridgehead atoms. The van der Waals surface area contributed by atoms with E-state index in [2.05, 4.69) is 18.4 Å². The molecule has 1 nitrogen and oxygen atoms in total. The summed E-state index contributed by atoms with van der Waals surface area (Å²) >= 11 is 0. The van der Waals surface area contributed by atoms with E-state index in [1.54, 1.807) is 0 Å². The first kappa shape index (κ1) is 6.90. The van der Waals surface area contributed by atoms with Crippen LogP contribution in [0.2, 0.25) is 0 Å². The van der Waals surface area contributed by atoms with E-state index in [0.29, 0.717) is 5.94 Å². The van der Waals surface area contributed by atoms with Crippen molar-refractivity contribution in [3.63, 3.8) is 0 Å². The molecule has 9 heavy (non-hydrogen) atoms. The average Bonchev–Trinajstić information content (AvgIpc) is 2.33. The van der Waals surface area contributed by atoms with Gasteiger partial charge in [-0.25, -0.2) is 0 Å². The lowest BCUT2D eigenvalue weighted by Gasteiger charge is -2.11. The molecule has 0 amide bonds. The molecule has 0 aromatic heterocycles. The lowest BCUT2D eigenvalue weighted by Crippen LogP contribution is -1.83. The van der Waals surface area contributed by atoms with E-state index in [1.807, 2.05) is 6.08 Å². The summed E-state index contributed by atoms with van der Waals surface area (Å²) < 4.78 is 0. The van der Waals surface area contributed by atoms with Crippen molar-refractivity contribution in [3.8, 4) is 0 Å². The third-order valence-corrected chi connectivity index (χ3v) is 3.48. The van der Waals surface area contributed by atoms with Crippen LogP contribution in [0.1, 0.15) is 13.3 Å². The molecular weight excluding hydrogens is 132 g/mol. The minimum atomic E-state index is -0.270. The SMILES string of the molecule is CCC1=CC=C[SH]1CO. The van der Waals surface area contributed by atoms with Gasteiger partial charge in [-0.1, -0.05) is 19.1 Å². The van der Waals surface area contributed by atoms with Crippen molar-refractivity contribution in [2.24, 2.45) is 0 Å². The van der Waals surface area contributed by atoms with Gasteiger partial charge in [0.2, 0.25) is 0 Å². The van der Waals surface area contributed by atoms with Gasteiger partial charge in [0.05, 0.1) is 5.94 Å². The van der Waals surface area contributed by atoms with Gasteiger partial charge in [-0.2, -0.15) is 10.9 Å². The third-order valence-electron chi connectivity index (χ3n) is 1.44. The number of hydrogen-bond acceptors (Lipinski definition) is 1. The smallest absolute Gasteiger partial charge is 0.0777 e. The topological polar surface area (TPSA) is 20.2 Å². The van der Waals surface area contributed by atoms with Gasteiger partial charge < -0.3 is 5.11 Å². The molecule has 1 heterocycles. The van der Waals surface area contributed by atoms with E-state index < -0.39 is 0 Å². The van der Waals surface area contributed by atoms with E-state index in [-0.39, 0.29) is 10.9 Å². The summed E-state index contributed by atoms with van der Waals surface area (Å²) in [4.78, 5) is 1.41. The Morgan fingerprint density at radius 1 is 1.67 bits per heavy atom. The van der Waals surface area contributed by atoms with Crippen LogP contribution < -0.4 is 0 Å². The predicted molar refractivity (Wildman–Crippen MR) is 43.6 cm³/mol. The normalized spacial score (nSPS) is 28.7. The van der Waals surface area contributed by atoms with Gasteiger partial charge in [-0.15, -0.1) is 0 Å². The van der Waals surface area contributed by atoms with Crippen molar-refractivity contribution < 1.29 is 5.11 Å². The van der Waals surface area contributed by atoms with Crippen molar-refractivity contribution in [2.75, 3.05) is 5.94 Å². The monoisotopic (exact) mass is 144 g/mol. The maximum Gasteiger partial charge on any atom is 0.0777 e. The number of thiol groups is 1. The van der Waals surface area contributed by atoms with Gasteiger partial charge >= 0.3 is 0 Å². The molecule has 0 saturated carbocycles. The molecule has 0 aromatic carbocycles. The highest BCUT2D eigenvalue weighted by Gasteiger charge is 2.05. The van der Waals surface area contributed by atoms with Gasteiger partial charge in [-0.05, 0) is 16.7 Å². The highest BCUT2D eigenvalue weighted by atomic mass is 32.2. The molecule has 0 spiro atoms. The number of allylic oxidation sites excluding steroid dienone is 3. The zero-order valence-electron chi connectivity index (χ0n) is 5.54. The average molecular weight is 144 g/mol. The van der Waals surface area contributed by atoms with E-state index in [4.69, 9.17) is 5.11 Å². The molecule has 1 atom stereocenters. The molecule has 1 unspecified atom stereocenters. The van der Waals surface area contributed by atoms with Crippen LogP contribution in [0.4, 0.5) is 0 Å². The maximum absolute atomic E-state index is 8.80. The van der Waals surface area contributed by atoms with Gasteiger partial charge in [0.1, 0.15) is 0 Å². The number of rotatable bonds is 2. The van der Waals surface area contributed by atoms with Gasteiger partial charge in [0.25, 0.3) is 0 Å². The quantitative estimate of drug-likeness (QED) is 0.566. The Kier molecular flexibility index (Phi) is 2.37. The molecule has 1 aliphatic heterocycles. The molecule has 0 saturated heterocycles. The fourth-order valence-corrected chi connectivity index (χ4v) is 2.35. The molecule has 52 valence electrons. The molecule has 0 radical (unpaired) electrons. The van der Waals surface area contributed by atoms with Gasteiger partial charge in [0.15, 0.2) is 0 Å². The van der Waals surface area contributed by atoms with Crippen LogP contribution in [0.5, 0.6) is 0 Å². The Labute approximate surface area is 58.4 Å². The van der Waals surface area contributed by atoms with Crippen molar-refractivity contribution in [2.45, 2.75) is 13.3 Å². The Bertz CT molecular complexity index is 149. The lowest BCUT2D eigenvalue weighted by molar-refractivity contribution is 0.374. The molecule has 1 N–H and O–H groups in total. The third kappa shape index (κ3) is 1.37. The Balaban J connectivity index is 2.55. The summed E-state index contributed by atoms with van der Waals surface area (Å²) in [7, 11) is -0.270. The van der Waals surface area contributed by atoms with Gasteiger partial charge in [0, 0.05) is 0 Å². The lowest BCUT2D eigenvalue weighted by atomic mass is 10.4. The van der Waals surface area contributed by atoms with Crippen LogP contribution in [0, 0.1) is 0 Å². The van der Waals surface area contributed by atoms with Crippen LogP contribution in [-0.2, 0) is 0 Å². The second kappa shape index (κ2) is 3.08. The molecule has 1 rings (SSSR count).